The lowest BCUT2D eigenvalue weighted by Gasteiger charge is -2.04. The molecule has 0 radical (unpaired) electrons. The Morgan fingerprint density at radius 2 is 2.00 bits per heavy atom. The molecule has 0 aliphatic rings. The molecule has 100 valence electrons. The first-order valence-corrected chi connectivity index (χ1v) is 8.10. The average Bonchev–Trinajstić information content (AvgIpc) is 2.91. The summed E-state index contributed by atoms with van der Waals surface area (Å²) in [6.07, 6.45) is 1.59. The summed E-state index contributed by atoms with van der Waals surface area (Å²) < 4.78 is 23.3. The lowest BCUT2D eigenvalue weighted by Crippen LogP contribution is -2.12. The van der Waals surface area contributed by atoms with Crippen LogP contribution in [-0.4, -0.2) is 25.1 Å². The lowest BCUT2D eigenvalue weighted by molar-refractivity contribution is 0.102. The monoisotopic (exact) mass is 296 g/mol. The number of anilines is 1. The normalized spacial score (nSPS) is 11.2. The number of amides is 1. The fraction of sp³-hybridized carbons (Fsp3) is 0.167. The molecule has 1 amide bonds. The Balaban J connectivity index is 2.17. The fourth-order valence-electron chi connectivity index (χ4n) is 1.43. The van der Waals surface area contributed by atoms with Crippen molar-refractivity contribution in [1.29, 1.82) is 0 Å². The molecule has 1 heterocycles. The second-order valence-corrected chi connectivity index (χ2v) is 6.89. The van der Waals surface area contributed by atoms with Crippen molar-refractivity contribution in [3.05, 3.63) is 41.4 Å². The summed E-state index contributed by atoms with van der Waals surface area (Å²) in [7, 11) is -3.23. The average molecular weight is 296 g/mol. The van der Waals surface area contributed by atoms with Crippen LogP contribution in [0.4, 0.5) is 5.13 Å². The highest BCUT2D eigenvalue weighted by atomic mass is 32.2. The topological polar surface area (TPSA) is 76.1 Å². The molecule has 2 rings (SSSR count). The minimum Gasteiger partial charge on any atom is -0.298 e. The lowest BCUT2D eigenvalue weighted by atomic mass is 10.2. The molecule has 0 aliphatic carbocycles. The van der Waals surface area contributed by atoms with Crippen molar-refractivity contribution >= 4 is 32.2 Å². The van der Waals surface area contributed by atoms with E-state index >= 15 is 0 Å². The molecular weight excluding hydrogens is 284 g/mol. The van der Waals surface area contributed by atoms with Crippen molar-refractivity contribution in [2.75, 3.05) is 11.1 Å². The fourth-order valence-corrected chi connectivity index (χ4v) is 2.84. The summed E-state index contributed by atoms with van der Waals surface area (Å²) in [5, 5.41) is 4.90. The van der Waals surface area contributed by atoms with E-state index in [1.807, 2.05) is 0 Å². The van der Waals surface area contributed by atoms with Gasteiger partial charge in [0.1, 0.15) is 0 Å². The van der Waals surface area contributed by atoms with Gasteiger partial charge in [-0.15, -0.1) is 11.3 Å². The van der Waals surface area contributed by atoms with Crippen LogP contribution in [0.25, 0.3) is 0 Å². The van der Waals surface area contributed by atoms with Crippen LogP contribution >= 0.6 is 11.3 Å². The van der Waals surface area contributed by atoms with Gasteiger partial charge >= 0.3 is 0 Å². The molecule has 0 spiro atoms. The second kappa shape index (κ2) is 5.50. The van der Waals surface area contributed by atoms with Gasteiger partial charge in [-0.1, -0.05) is 6.92 Å². The number of benzene rings is 1. The van der Waals surface area contributed by atoms with Crippen molar-refractivity contribution in [3.63, 3.8) is 0 Å². The Kier molecular flexibility index (Phi) is 3.96. The van der Waals surface area contributed by atoms with Crippen molar-refractivity contribution in [2.24, 2.45) is 0 Å². The maximum atomic E-state index is 11.8. The molecule has 1 aromatic carbocycles. The largest absolute Gasteiger partial charge is 0.298 e. The Hall–Kier alpha value is -1.73. The number of thiazole rings is 1. The van der Waals surface area contributed by atoms with Crippen LogP contribution in [0, 0.1) is 0 Å². The number of rotatable bonds is 4. The third-order valence-electron chi connectivity index (χ3n) is 2.51. The summed E-state index contributed by atoms with van der Waals surface area (Å²) >= 11 is 1.32. The van der Waals surface area contributed by atoms with Gasteiger partial charge in [-0.3, -0.25) is 10.1 Å². The first-order chi connectivity index (χ1) is 9.03. The molecule has 19 heavy (non-hydrogen) atoms. The smallest absolute Gasteiger partial charge is 0.257 e. The predicted octanol–water partition coefficient (Wildman–Crippen LogP) is 2.19. The van der Waals surface area contributed by atoms with Crippen molar-refractivity contribution in [2.45, 2.75) is 11.8 Å². The number of carbonyl (C=O) groups excluding carboxylic acids is 1. The van der Waals surface area contributed by atoms with Crippen LogP contribution in [0.15, 0.2) is 40.7 Å². The summed E-state index contributed by atoms with van der Waals surface area (Å²) in [5.74, 6) is -0.270. The molecule has 5 nitrogen and oxygen atoms in total. The summed E-state index contributed by atoms with van der Waals surface area (Å²) in [6, 6.07) is 5.86. The van der Waals surface area contributed by atoms with Gasteiger partial charge in [-0.25, -0.2) is 13.4 Å². The van der Waals surface area contributed by atoms with Gasteiger partial charge in [0.15, 0.2) is 15.0 Å². The maximum absolute atomic E-state index is 11.8. The van der Waals surface area contributed by atoms with Gasteiger partial charge < -0.3 is 0 Å². The van der Waals surface area contributed by atoms with E-state index in [4.69, 9.17) is 0 Å². The molecule has 0 saturated carbocycles. The van der Waals surface area contributed by atoms with Crippen LogP contribution in [0.3, 0.4) is 0 Å². The van der Waals surface area contributed by atoms with E-state index < -0.39 is 9.84 Å². The summed E-state index contributed by atoms with van der Waals surface area (Å²) in [5.41, 5.74) is 0.394. The summed E-state index contributed by atoms with van der Waals surface area (Å²) in [6.45, 7) is 1.58. The quantitative estimate of drug-likeness (QED) is 0.938. The molecule has 0 unspecified atom stereocenters. The number of hydrogen-bond donors (Lipinski definition) is 1. The van der Waals surface area contributed by atoms with E-state index in [2.05, 4.69) is 10.3 Å². The minimum absolute atomic E-state index is 0.0393. The second-order valence-electron chi connectivity index (χ2n) is 3.72. The maximum Gasteiger partial charge on any atom is 0.257 e. The van der Waals surface area contributed by atoms with Gasteiger partial charge in [-0.05, 0) is 24.3 Å². The van der Waals surface area contributed by atoms with Crippen LogP contribution < -0.4 is 5.32 Å². The minimum atomic E-state index is -3.23. The van der Waals surface area contributed by atoms with Gasteiger partial charge in [-0.2, -0.15) is 0 Å². The number of sulfone groups is 1. The molecule has 2 aromatic rings. The van der Waals surface area contributed by atoms with E-state index in [0.717, 1.165) is 0 Å². The Morgan fingerprint density at radius 3 is 2.53 bits per heavy atom. The Labute approximate surface area is 115 Å². The zero-order valence-corrected chi connectivity index (χ0v) is 11.8. The van der Waals surface area contributed by atoms with E-state index in [0.29, 0.717) is 10.7 Å². The number of nitrogens with zero attached hydrogens (tertiary/aromatic N) is 1. The van der Waals surface area contributed by atoms with Crippen molar-refractivity contribution in [1.82, 2.24) is 4.98 Å². The molecule has 7 heteroatoms. The van der Waals surface area contributed by atoms with Crippen molar-refractivity contribution < 1.29 is 13.2 Å². The molecule has 0 saturated heterocycles. The van der Waals surface area contributed by atoms with Crippen LogP contribution in [0.1, 0.15) is 17.3 Å². The first kappa shape index (κ1) is 13.7. The van der Waals surface area contributed by atoms with Gasteiger partial charge in [0.25, 0.3) is 5.91 Å². The highest BCUT2D eigenvalue weighted by molar-refractivity contribution is 7.91. The van der Waals surface area contributed by atoms with E-state index in [1.54, 1.807) is 18.5 Å². The van der Waals surface area contributed by atoms with Crippen LogP contribution in [-0.2, 0) is 9.84 Å². The molecule has 1 N–H and O–H groups in total. The zero-order chi connectivity index (χ0) is 13.9. The standard InChI is InChI=1S/C12H12N2O3S2/c1-2-19(16,17)10-5-3-9(4-6-10)11(15)14-12-13-7-8-18-12/h3-8H,2H2,1H3,(H,13,14,15). The first-order valence-electron chi connectivity index (χ1n) is 5.56. The van der Waals surface area contributed by atoms with Gasteiger partial charge in [0.05, 0.1) is 10.6 Å². The number of nitrogens with one attached hydrogen (secondary N) is 1. The molecule has 0 fully saturated rings. The summed E-state index contributed by atoms with van der Waals surface area (Å²) in [4.78, 5) is 16.0. The van der Waals surface area contributed by atoms with E-state index in [-0.39, 0.29) is 16.6 Å². The Morgan fingerprint density at radius 1 is 1.32 bits per heavy atom. The van der Waals surface area contributed by atoms with Crippen LogP contribution in [0.5, 0.6) is 0 Å². The molecular formula is C12H12N2O3S2. The predicted molar refractivity (Wildman–Crippen MR) is 74.2 cm³/mol. The zero-order valence-electron chi connectivity index (χ0n) is 10.2. The number of hydrogen-bond acceptors (Lipinski definition) is 5. The molecule has 1 aromatic heterocycles. The molecule has 0 aliphatic heterocycles. The SMILES string of the molecule is CCS(=O)(=O)c1ccc(C(=O)Nc2nccs2)cc1. The van der Waals surface area contributed by atoms with E-state index in [9.17, 15) is 13.2 Å². The molecule has 0 bridgehead atoms. The van der Waals surface area contributed by atoms with E-state index in [1.165, 1.54) is 35.6 Å². The molecule has 0 atom stereocenters. The number of aromatic nitrogens is 1. The third-order valence-corrected chi connectivity index (χ3v) is 4.95. The Bertz CT molecular complexity index is 662. The van der Waals surface area contributed by atoms with Gasteiger partial charge in [0.2, 0.25) is 0 Å². The van der Waals surface area contributed by atoms with Crippen molar-refractivity contribution in [3.8, 4) is 0 Å². The third kappa shape index (κ3) is 3.18. The van der Waals surface area contributed by atoms with Crippen LogP contribution in [0.2, 0.25) is 0 Å². The van der Waals surface area contributed by atoms with Gasteiger partial charge in [0, 0.05) is 17.1 Å². The highest BCUT2D eigenvalue weighted by Crippen LogP contribution is 2.15. The highest BCUT2D eigenvalue weighted by Gasteiger charge is 2.13. The number of carbonyl (C=O) groups is 1.